The molecule has 0 saturated carbocycles. The third-order valence-electron chi connectivity index (χ3n) is 7.38. The highest BCUT2D eigenvalue weighted by molar-refractivity contribution is 5.93. The van der Waals surface area contributed by atoms with Crippen LogP contribution in [0.1, 0.15) is 72.9 Å². The number of hydrogen-bond donors (Lipinski definition) is 1. The Hall–Kier alpha value is -2.38. The number of piperidine rings is 1. The van der Waals surface area contributed by atoms with Gasteiger partial charge in [-0.25, -0.2) is 14.4 Å². The lowest BCUT2D eigenvalue weighted by atomic mass is 9.86. The molecular weight excluding hydrogens is 443 g/mol. The van der Waals surface area contributed by atoms with Crippen LogP contribution in [0.15, 0.2) is 30.6 Å². The van der Waals surface area contributed by atoms with Gasteiger partial charge in [0.25, 0.3) is 5.91 Å². The minimum atomic E-state index is -0.957. The Bertz CT molecular complexity index is 997. The van der Waals surface area contributed by atoms with E-state index in [0.29, 0.717) is 31.8 Å². The van der Waals surface area contributed by atoms with Crippen LogP contribution in [-0.2, 0) is 23.0 Å². The van der Waals surface area contributed by atoms with Crippen molar-refractivity contribution in [2.75, 3.05) is 26.3 Å². The Kier molecular flexibility index (Phi) is 8.17. The molecule has 0 spiro atoms. The number of alkyl halides is 1. The van der Waals surface area contributed by atoms with E-state index in [0.717, 1.165) is 36.9 Å². The third-order valence-corrected chi connectivity index (χ3v) is 7.38. The maximum atomic E-state index is 14.1. The Balaban J connectivity index is 1.33. The minimum absolute atomic E-state index is 0.0337. The Morgan fingerprint density at radius 1 is 1.11 bits per heavy atom. The molecule has 0 radical (unpaired) electrons. The zero-order valence-corrected chi connectivity index (χ0v) is 21.5. The number of aryl methyl sites for hydroxylation is 2. The van der Waals surface area contributed by atoms with Crippen molar-refractivity contribution in [3.63, 3.8) is 0 Å². The summed E-state index contributed by atoms with van der Waals surface area (Å²) in [5.41, 5.74) is 5.02. The lowest BCUT2D eigenvalue weighted by Crippen LogP contribution is -2.52. The van der Waals surface area contributed by atoms with Crippen LogP contribution in [0.3, 0.4) is 0 Å². The predicted molar refractivity (Wildman–Crippen MR) is 136 cm³/mol. The number of nitrogens with zero attached hydrogens (tertiary/aromatic N) is 3. The van der Waals surface area contributed by atoms with E-state index in [1.165, 1.54) is 17.5 Å². The van der Waals surface area contributed by atoms with E-state index in [4.69, 9.17) is 4.74 Å². The first-order valence-corrected chi connectivity index (χ1v) is 12.9. The van der Waals surface area contributed by atoms with Gasteiger partial charge in [0.05, 0.1) is 6.61 Å². The number of ether oxygens (including phenoxy) is 1. The number of amides is 1. The monoisotopic (exact) mass is 482 g/mol. The third kappa shape index (κ3) is 6.44. The molecule has 1 amide bonds. The van der Waals surface area contributed by atoms with Crippen molar-refractivity contribution in [1.82, 2.24) is 20.2 Å². The molecule has 2 aliphatic rings. The molecule has 0 bridgehead atoms. The first-order chi connectivity index (χ1) is 16.7. The van der Waals surface area contributed by atoms with E-state index >= 15 is 0 Å². The number of hydrogen-bond acceptors (Lipinski definition) is 5. The fourth-order valence-corrected chi connectivity index (χ4v) is 4.98. The van der Waals surface area contributed by atoms with Gasteiger partial charge in [0.1, 0.15) is 18.2 Å². The van der Waals surface area contributed by atoms with Crippen LogP contribution >= 0.6 is 0 Å². The Morgan fingerprint density at radius 2 is 1.83 bits per heavy atom. The average molecular weight is 483 g/mol. The molecule has 2 fully saturated rings. The summed E-state index contributed by atoms with van der Waals surface area (Å²) in [7, 11) is 0. The number of rotatable bonds is 6. The largest absolute Gasteiger partial charge is 0.378 e. The number of carbonyl (C=O) groups is 1. The lowest BCUT2D eigenvalue weighted by molar-refractivity contribution is 0.00840. The van der Waals surface area contributed by atoms with Gasteiger partial charge in [-0.15, -0.1) is 0 Å². The lowest BCUT2D eigenvalue weighted by Gasteiger charge is -2.36. The number of nitrogens with one attached hydrogen (secondary N) is 1. The van der Waals surface area contributed by atoms with Gasteiger partial charge in [-0.05, 0) is 55.6 Å². The van der Waals surface area contributed by atoms with E-state index in [-0.39, 0.29) is 30.0 Å². The van der Waals surface area contributed by atoms with Crippen LogP contribution in [-0.4, -0.2) is 65.3 Å². The van der Waals surface area contributed by atoms with Gasteiger partial charge in [0, 0.05) is 43.0 Å². The summed E-state index contributed by atoms with van der Waals surface area (Å²) in [5, 5.41) is 3.45. The zero-order chi connectivity index (χ0) is 25.0. The SMILES string of the molecule is Cc1c(CCc2ccc(C(C)(C)C)cc2)ncnc1C(=O)N1CCC(NC2CCOCC2F)CC1. The highest BCUT2D eigenvalue weighted by Crippen LogP contribution is 2.23. The summed E-state index contributed by atoms with van der Waals surface area (Å²) in [6.45, 7) is 10.7. The molecule has 7 heteroatoms. The van der Waals surface area contributed by atoms with E-state index in [1.54, 1.807) is 0 Å². The van der Waals surface area contributed by atoms with Crippen molar-refractivity contribution in [3.8, 4) is 0 Å². The molecule has 1 aromatic carbocycles. The van der Waals surface area contributed by atoms with Gasteiger partial charge < -0.3 is 15.0 Å². The quantitative estimate of drug-likeness (QED) is 0.669. The normalized spacial score (nSPS) is 21.8. The Labute approximate surface area is 208 Å². The Morgan fingerprint density at radius 3 is 2.49 bits per heavy atom. The predicted octanol–water partition coefficient (Wildman–Crippen LogP) is 4.19. The van der Waals surface area contributed by atoms with Crippen molar-refractivity contribution >= 4 is 5.91 Å². The van der Waals surface area contributed by atoms with Crippen LogP contribution in [0.25, 0.3) is 0 Å². The maximum absolute atomic E-state index is 14.1. The smallest absolute Gasteiger partial charge is 0.272 e. The highest BCUT2D eigenvalue weighted by Gasteiger charge is 2.31. The molecule has 2 atom stereocenters. The van der Waals surface area contributed by atoms with Gasteiger partial charge in [-0.1, -0.05) is 45.0 Å². The maximum Gasteiger partial charge on any atom is 0.272 e. The van der Waals surface area contributed by atoms with Crippen molar-refractivity contribution in [3.05, 3.63) is 58.7 Å². The molecule has 3 heterocycles. The molecule has 0 aliphatic carbocycles. The van der Waals surface area contributed by atoms with E-state index in [2.05, 4.69) is 60.3 Å². The second-order valence-electron chi connectivity index (χ2n) is 11.0. The van der Waals surface area contributed by atoms with E-state index < -0.39 is 6.17 Å². The fraction of sp³-hybridized carbons (Fsp3) is 0.607. The number of benzene rings is 1. The molecular formula is C28H39FN4O2. The summed E-state index contributed by atoms with van der Waals surface area (Å²) in [4.78, 5) is 24.0. The van der Waals surface area contributed by atoms with Gasteiger partial charge >= 0.3 is 0 Å². The molecule has 2 unspecified atom stereocenters. The van der Waals surface area contributed by atoms with Crippen molar-refractivity contribution in [2.24, 2.45) is 0 Å². The molecule has 1 aromatic heterocycles. The molecule has 2 aromatic rings. The molecule has 6 nitrogen and oxygen atoms in total. The first kappa shape index (κ1) is 25.7. The summed E-state index contributed by atoms with van der Waals surface area (Å²) >= 11 is 0. The van der Waals surface area contributed by atoms with Crippen LogP contribution in [0.5, 0.6) is 0 Å². The summed E-state index contributed by atoms with van der Waals surface area (Å²) in [5.74, 6) is -0.0337. The van der Waals surface area contributed by atoms with Crippen molar-refractivity contribution in [1.29, 1.82) is 0 Å². The van der Waals surface area contributed by atoms with Gasteiger partial charge in [-0.3, -0.25) is 4.79 Å². The van der Waals surface area contributed by atoms with Gasteiger partial charge in [-0.2, -0.15) is 0 Å². The topological polar surface area (TPSA) is 67.4 Å². The van der Waals surface area contributed by atoms with Crippen LogP contribution in [0, 0.1) is 6.92 Å². The van der Waals surface area contributed by atoms with E-state index in [9.17, 15) is 9.18 Å². The fourth-order valence-electron chi connectivity index (χ4n) is 4.98. The van der Waals surface area contributed by atoms with Crippen LogP contribution in [0.2, 0.25) is 0 Å². The van der Waals surface area contributed by atoms with Gasteiger partial charge in [0.2, 0.25) is 0 Å². The highest BCUT2D eigenvalue weighted by atomic mass is 19.1. The van der Waals surface area contributed by atoms with Gasteiger partial charge in [0.15, 0.2) is 0 Å². The second kappa shape index (κ2) is 11.1. The van der Waals surface area contributed by atoms with Crippen LogP contribution in [0.4, 0.5) is 4.39 Å². The number of likely N-dealkylation sites (tertiary alicyclic amines) is 1. The molecule has 190 valence electrons. The molecule has 2 aliphatic heterocycles. The van der Waals surface area contributed by atoms with Crippen molar-refractivity contribution in [2.45, 2.75) is 83.5 Å². The number of carbonyl (C=O) groups excluding carboxylic acids is 1. The standard InChI is InChI=1S/C28H39FN4O2/c1-19-24(10-7-20-5-8-21(9-6-20)28(2,3)4)30-18-31-26(19)27(34)33-14-11-22(12-15-33)32-25-13-16-35-17-23(25)29/h5-6,8-9,18,22-23,25,32H,7,10-17H2,1-4H3. The van der Waals surface area contributed by atoms with E-state index in [1.807, 2.05) is 11.8 Å². The summed E-state index contributed by atoms with van der Waals surface area (Å²) in [6, 6.07) is 8.86. The zero-order valence-electron chi connectivity index (χ0n) is 21.5. The summed E-state index contributed by atoms with van der Waals surface area (Å²) in [6.07, 6.45) is 4.53. The summed E-state index contributed by atoms with van der Waals surface area (Å²) < 4.78 is 19.3. The molecule has 35 heavy (non-hydrogen) atoms. The molecule has 2 saturated heterocycles. The van der Waals surface area contributed by atoms with Crippen molar-refractivity contribution < 1.29 is 13.9 Å². The number of halogens is 1. The average Bonchev–Trinajstić information content (AvgIpc) is 2.85. The molecule has 4 rings (SSSR count). The van der Waals surface area contributed by atoms with Crippen LogP contribution < -0.4 is 5.32 Å². The second-order valence-corrected chi connectivity index (χ2v) is 11.0. The number of aromatic nitrogens is 2. The molecule has 1 N–H and O–H groups in total. The minimum Gasteiger partial charge on any atom is -0.378 e. The first-order valence-electron chi connectivity index (χ1n) is 12.9.